The highest BCUT2D eigenvalue weighted by molar-refractivity contribution is 7.48. The Bertz CT molecular complexity index is 1090. The molecule has 6 atom stereocenters. The number of nitrogen functional groups attached to an aromatic ring is 1. The van der Waals surface area contributed by atoms with Crippen molar-refractivity contribution in [3.8, 4) is 0 Å². The minimum absolute atomic E-state index is 0.0403. The molecule has 182 valence electrons. The molecular weight excluding hydrogens is 484 g/mol. The quantitative estimate of drug-likeness (QED) is 0.334. The Labute approximate surface area is 193 Å². The fourth-order valence-corrected chi connectivity index (χ4v) is 5.07. The normalized spacial score (nSPS) is 30.5. The van der Waals surface area contributed by atoms with Gasteiger partial charge in [0, 0.05) is 0 Å². The average molecular weight is 508 g/mol. The van der Waals surface area contributed by atoms with E-state index in [0.29, 0.717) is 0 Å². The molecule has 4 heterocycles. The van der Waals surface area contributed by atoms with E-state index in [9.17, 15) is 9.36 Å². The van der Waals surface area contributed by atoms with Crippen LogP contribution in [0.5, 0.6) is 0 Å². The predicted molar refractivity (Wildman–Crippen MR) is 113 cm³/mol. The third-order valence-electron chi connectivity index (χ3n) is 5.16. The van der Waals surface area contributed by atoms with Gasteiger partial charge in [-0.3, -0.25) is 22.9 Å². The lowest BCUT2D eigenvalue weighted by Gasteiger charge is -2.30. The van der Waals surface area contributed by atoms with Crippen LogP contribution in [-0.4, -0.2) is 63.2 Å². The zero-order valence-corrected chi connectivity index (χ0v) is 19.7. The number of carbonyl (C=O) groups is 1. The minimum Gasteiger partial charge on any atom is -0.463 e. The molecule has 12 nitrogen and oxygen atoms in total. The van der Waals surface area contributed by atoms with Crippen molar-refractivity contribution in [1.29, 1.82) is 0 Å². The van der Waals surface area contributed by atoms with Crippen molar-refractivity contribution >= 4 is 42.4 Å². The molecule has 0 aliphatic carbocycles. The van der Waals surface area contributed by atoms with Crippen molar-refractivity contribution in [2.24, 2.45) is 5.92 Å². The van der Waals surface area contributed by atoms with Crippen molar-refractivity contribution in [1.82, 2.24) is 19.5 Å². The second-order valence-corrected chi connectivity index (χ2v) is 9.99. The first kappa shape index (κ1) is 24.2. The predicted octanol–water partition coefficient (Wildman–Crippen LogP) is 2.82. The van der Waals surface area contributed by atoms with Crippen LogP contribution in [-0.2, 0) is 32.4 Å². The van der Waals surface area contributed by atoms with Crippen molar-refractivity contribution < 1.29 is 36.8 Å². The summed E-state index contributed by atoms with van der Waals surface area (Å²) in [6.07, 6.45) is -3.73. The number of alkyl halides is 1. The van der Waals surface area contributed by atoms with Crippen molar-refractivity contribution in [3.63, 3.8) is 0 Å². The van der Waals surface area contributed by atoms with Crippen LogP contribution in [0.25, 0.3) is 11.2 Å². The number of phosphoric ester groups is 1. The van der Waals surface area contributed by atoms with Crippen molar-refractivity contribution in [3.05, 3.63) is 11.6 Å². The average Bonchev–Trinajstić information content (AvgIpc) is 3.28. The van der Waals surface area contributed by atoms with E-state index < -0.39 is 44.3 Å². The number of fused-ring (bicyclic) bond motifs is 2. The van der Waals surface area contributed by atoms with Gasteiger partial charge in [0.2, 0.25) is 5.28 Å². The van der Waals surface area contributed by atoms with Gasteiger partial charge in [0.25, 0.3) is 0 Å². The SMILES string of the molecule is CC(C)OC(=O)[C@@H](C)CCO[P@@]1(=O)OC[C@H]2O[C@@H](n3cnc4c(N)nc(Cl)nc43)[C@@H](F)[C@@H]2O1. The van der Waals surface area contributed by atoms with Crippen LogP contribution in [0.15, 0.2) is 6.33 Å². The third kappa shape index (κ3) is 4.98. The minimum atomic E-state index is -4.07. The van der Waals surface area contributed by atoms with Gasteiger partial charge in [0.15, 0.2) is 23.9 Å². The summed E-state index contributed by atoms with van der Waals surface area (Å²) in [6.45, 7) is 4.83. The molecule has 0 radical (unpaired) electrons. The molecule has 2 aromatic rings. The summed E-state index contributed by atoms with van der Waals surface area (Å²) in [5.41, 5.74) is 6.21. The number of halogens is 2. The van der Waals surface area contributed by atoms with Crippen LogP contribution in [0.2, 0.25) is 5.28 Å². The molecule has 0 bridgehead atoms. The Morgan fingerprint density at radius 3 is 2.91 bits per heavy atom. The van der Waals surface area contributed by atoms with Gasteiger partial charge in [0.1, 0.15) is 17.7 Å². The number of hydrogen-bond donors (Lipinski definition) is 1. The Morgan fingerprint density at radius 2 is 2.18 bits per heavy atom. The first-order valence-electron chi connectivity index (χ1n) is 10.3. The molecule has 2 aromatic heterocycles. The van der Waals surface area contributed by atoms with E-state index in [1.165, 1.54) is 10.9 Å². The summed E-state index contributed by atoms with van der Waals surface area (Å²) < 4.78 is 56.3. The molecule has 0 aromatic carbocycles. The smallest absolute Gasteiger partial charge is 0.463 e. The molecule has 0 spiro atoms. The summed E-state index contributed by atoms with van der Waals surface area (Å²) in [6, 6.07) is 0. The molecule has 0 saturated carbocycles. The molecule has 33 heavy (non-hydrogen) atoms. The molecule has 4 rings (SSSR count). The van der Waals surface area contributed by atoms with Gasteiger partial charge < -0.3 is 15.2 Å². The standard InChI is InChI=1S/C18H24ClFN5O7P/c1-8(2)30-17(26)9(3)4-5-28-33(27)29-6-10-13(32-33)11(20)16(31-10)25-7-22-12-14(21)23-18(19)24-15(12)25/h7-11,13,16H,4-6H2,1-3H3,(H2,21,23,24)/t9-,10+,11-,13+,16+,33-/m0/s1. The highest BCUT2D eigenvalue weighted by atomic mass is 35.5. The number of nitrogens with two attached hydrogens (primary N) is 1. The number of rotatable bonds is 7. The zero-order chi connectivity index (χ0) is 23.9. The Balaban J connectivity index is 1.41. The topological polar surface area (TPSA) is 150 Å². The maximum absolute atomic E-state index is 15.3. The molecule has 0 unspecified atom stereocenters. The molecule has 2 fully saturated rings. The number of carbonyl (C=O) groups excluding carboxylic acids is 1. The lowest BCUT2D eigenvalue weighted by Crippen LogP contribution is -2.38. The van der Waals surface area contributed by atoms with Crippen LogP contribution < -0.4 is 5.73 Å². The number of phosphoric acid groups is 1. The fraction of sp³-hybridized carbons (Fsp3) is 0.667. The highest BCUT2D eigenvalue weighted by Gasteiger charge is 2.54. The van der Waals surface area contributed by atoms with E-state index in [1.807, 2.05) is 0 Å². The maximum atomic E-state index is 15.3. The Hall–Kier alpha value is -1.89. The van der Waals surface area contributed by atoms with Crippen LogP contribution >= 0.6 is 19.4 Å². The van der Waals surface area contributed by atoms with E-state index in [4.69, 9.17) is 40.4 Å². The summed E-state index contributed by atoms with van der Waals surface area (Å²) in [7, 11) is -4.07. The van der Waals surface area contributed by atoms with Crippen molar-refractivity contribution in [2.75, 3.05) is 18.9 Å². The number of nitrogens with zero attached hydrogens (tertiary/aromatic N) is 4. The summed E-state index contributed by atoms with van der Waals surface area (Å²) >= 11 is 5.87. The second-order valence-electron chi connectivity index (χ2n) is 8.03. The number of anilines is 1. The van der Waals surface area contributed by atoms with Gasteiger partial charge in [-0.1, -0.05) is 6.92 Å². The van der Waals surface area contributed by atoms with Crippen LogP contribution in [0.4, 0.5) is 10.2 Å². The molecule has 2 saturated heterocycles. The Morgan fingerprint density at radius 1 is 1.42 bits per heavy atom. The van der Waals surface area contributed by atoms with E-state index >= 15 is 4.39 Å². The van der Waals surface area contributed by atoms with Gasteiger partial charge in [-0.25, -0.2) is 13.9 Å². The maximum Gasteiger partial charge on any atom is 0.475 e. The van der Waals surface area contributed by atoms with Gasteiger partial charge in [-0.15, -0.1) is 0 Å². The number of esters is 1. The monoisotopic (exact) mass is 507 g/mol. The second kappa shape index (κ2) is 9.40. The summed E-state index contributed by atoms with van der Waals surface area (Å²) in [5, 5.41) is -0.128. The Kier molecular flexibility index (Phi) is 6.90. The number of aromatic nitrogens is 4. The van der Waals surface area contributed by atoms with Crippen LogP contribution in [0, 0.1) is 5.92 Å². The van der Waals surface area contributed by atoms with Crippen LogP contribution in [0.1, 0.15) is 33.4 Å². The molecule has 2 aliphatic heterocycles. The molecular formula is C18H24ClFN5O7P. The number of ether oxygens (including phenoxy) is 2. The first-order valence-corrected chi connectivity index (χ1v) is 12.1. The molecule has 0 amide bonds. The third-order valence-corrected chi connectivity index (χ3v) is 6.80. The largest absolute Gasteiger partial charge is 0.475 e. The van der Waals surface area contributed by atoms with Crippen molar-refractivity contribution in [2.45, 2.75) is 57.9 Å². The molecule has 15 heteroatoms. The summed E-state index contributed by atoms with van der Waals surface area (Å²) in [4.78, 5) is 23.8. The van der Waals surface area contributed by atoms with Gasteiger partial charge in [-0.05, 0) is 31.9 Å². The number of hydrogen-bond acceptors (Lipinski definition) is 11. The lowest BCUT2D eigenvalue weighted by atomic mass is 10.1. The highest BCUT2D eigenvalue weighted by Crippen LogP contribution is 2.57. The first-order chi connectivity index (χ1) is 15.6. The van der Waals surface area contributed by atoms with E-state index in [2.05, 4.69) is 15.0 Å². The molecule has 2 N–H and O–H groups in total. The van der Waals surface area contributed by atoms with Gasteiger partial charge in [0.05, 0.1) is 31.6 Å². The zero-order valence-electron chi connectivity index (χ0n) is 18.1. The van der Waals surface area contributed by atoms with Gasteiger partial charge >= 0.3 is 13.8 Å². The van der Waals surface area contributed by atoms with E-state index in [0.717, 1.165) is 0 Å². The fourth-order valence-electron chi connectivity index (χ4n) is 3.49. The van der Waals surface area contributed by atoms with E-state index in [-0.39, 0.29) is 48.0 Å². The molecule has 2 aliphatic rings. The van der Waals surface area contributed by atoms with Crippen LogP contribution in [0.3, 0.4) is 0 Å². The summed E-state index contributed by atoms with van der Waals surface area (Å²) in [5.74, 6) is -0.843. The van der Waals surface area contributed by atoms with E-state index in [1.54, 1.807) is 20.8 Å². The lowest BCUT2D eigenvalue weighted by molar-refractivity contribution is -0.152. The number of imidazole rings is 1. The van der Waals surface area contributed by atoms with Gasteiger partial charge in [-0.2, -0.15) is 9.97 Å².